The molecule has 1 radical (unpaired) electrons. The van der Waals surface area contributed by atoms with Gasteiger partial charge in [-0.05, 0) is 0 Å². The van der Waals surface area contributed by atoms with Gasteiger partial charge in [0.2, 0.25) is 0 Å². The molecule has 1 aromatic rings. The van der Waals surface area contributed by atoms with Crippen molar-refractivity contribution in [2.24, 2.45) is 0 Å². The van der Waals surface area contributed by atoms with E-state index in [0.29, 0.717) is 5.88 Å². The molecule has 0 bridgehead atoms. The summed E-state index contributed by atoms with van der Waals surface area (Å²) >= 11 is 2.93. The molecule has 2 N–H and O–H groups in total. The summed E-state index contributed by atoms with van der Waals surface area (Å²) in [5.74, 6) is 0.742. The minimum absolute atomic E-state index is 0.212. The van der Waals surface area contributed by atoms with Crippen molar-refractivity contribution in [1.29, 1.82) is 0 Å². The Balaban J connectivity index is 3.06. The number of ether oxygens (including phenoxy) is 1. The van der Waals surface area contributed by atoms with E-state index in [1.165, 1.54) is 0 Å². The Hall–Kier alpha value is -0.801. The molecule has 5 heteroatoms. The summed E-state index contributed by atoms with van der Waals surface area (Å²) in [7, 11) is 1.55. The molecule has 65 valence electrons. The predicted molar refractivity (Wildman–Crippen MR) is 47.2 cm³/mol. The predicted octanol–water partition coefficient (Wildman–Crippen LogP) is 0.297. The number of hydrogen-bond acceptors (Lipinski definition) is 4. The number of hydrogen-bond donors (Lipinski definition) is 1. The second-order valence-electron chi connectivity index (χ2n) is 2.34. The third-order valence-corrected chi connectivity index (χ3v) is 1.87. The molecule has 4 nitrogen and oxygen atoms in total. The molecule has 1 aromatic heterocycles. The van der Waals surface area contributed by atoms with E-state index in [-0.39, 0.29) is 10.8 Å². The molecule has 0 aliphatic rings. The molecule has 0 aliphatic heterocycles. The molecule has 0 aromatic carbocycles. The van der Waals surface area contributed by atoms with Crippen molar-refractivity contribution >= 4 is 22.0 Å². The van der Waals surface area contributed by atoms with E-state index in [9.17, 15) is 0 Å². The minimum atomic E-state index is 0.212. The Morgan fingerprint density at radius 3 is 2.75 bits per heavy atom. The Kier molecular flexibility index (Phi) is 2.89. The van der Waals surface area contributed by atoms with Gasteiger partial charge in [0.25, 0.3) is 0 Å². The number of nitrogen functional groups attached to an aromatic ring is 1. The monoisotopic (exact) mass is 232 g/mol. The van der Waals surface area contributed by atoms with Crippen LogP contribution in [0.4, 0.5) is 5.95 Å². The van der Waals surface area contributed by atoms with Crippen LogP contribution in [0.15, 0.2) is 6.07 Å². The first-order valence-electron chi connectivity index (χ1n) is 3.47. The fourth-order valence-corrected chi connectivity index (χ4v) is 1.03. The van der Waals surface area contributed by atoms with Gasteiger partial charge in [-0.15, -0.1) is 0 Å². The Morgan fingerprint density at radius 1 is 1.58 bits per heavy atom. The summed E-state index contributed by atoms with van der Waals surface area (Å²) in [6.07, 6.45) is 0. The van der Waals surface area contributed by atoms with Crippen molar-refractivity contribution in [3.8, 4) is 5.88 Å². The molecular formula is C7H10N3OSe. The van der Waals surface area contributed by atoms with E-state index in [1.54, 1.807) is 13.2 Å². The van der Waals surface area contributed by atoms with E-state index in [1.807, 2.05) is 6.92 Å². The number of anilines is 1. The SMILES string of the molecule is COc1cc(C(C)[Se])nc(N)n1. The summed E-state index contributed by atoms with van der Waals surface area (Å²) in [6, 6.07) is 1.76. The van der Waals surface area contributed by atoms with E-state index in [0.717, 1.165) is 5.69 Å². The molecule has 0 saturated heterocycles. The third-order valence-electron chi connectivity index (χ3n) is 1.37. The molecule has 0 saturated carbocycles. The molecule has 0 fully saturated rings. The number of nitrogens with two attached hydrogens (primary N) is 1. The average Bonchev–Trinajstić information content (AvgIpc) is 2.03. The molecule has 1 heterocycles. The zero-order valence-corrected chi connectivity index (χ0v) is 8.66. The van der Waals surface area contributed by atoms with Crippen LogP contribution in [0.5, 0.6) is 5.88 Å². The van der Waals surface area contributed by atoms with E-state index >= 15 is 0 Å². The van der Waals surface area contributed by atoms with Crippen molar-refractivity contribution in [2.45, 2.75) is 11.7 Å². The normalized spacial score (nSPS) is 12.6. The average molecular weight is 231 g/mol. The van der Waals surface area contributed by atoms with Crippen LogP contribution in [0.2, 0.25) is 0 Å². The first kappa shape index (κ1) is 9.29. The summed E-state index contributed by atoms with van der Waals surface area (Å²) in [5.41, 5.74) is 6.30. The number of methoxy groups -OCH3 is 1. The fourth-order valence-electron chi connectivity index (χ4n) is 0.774. The van der Waals surface area contributed by atoms with E-state index in [2.05, 4.69) is 26.0 Å². The Labute approximate surface area is 79.4 Å². The van der Waals surface area contributed by atoms with Gasteiger partial charge in [-0.1, -0.05) is 0 Å². The van der Waals surface area contributed by atoms with Gasteiger partial charge >= 0.3 is 78.9 Å². The summed E-state index contributed by atoms with van der Waals surface area (Å²) in [5, 5.41) is 0. The quantitative estimate of drug-likeness (QED) is 0.743. The first-order chi connectivity index (χ1) is 5.63. The van der Waals surface area contributed by atoms with Crippen molar-refractivity contribution in [1.82, 2.24) is 9.97 Å². The van der Waals surface area contributed by atoms with Gasteiger partial charge in [0.1, 0.15) is 0 Å². The van der Waals surface area contributed by atoms with Gasteiger partial charge in [0, 0.05) is 0 Å². The standard InChI is InChI=1S/C7H10N3OSe/c1-4(12)5-3-6(11-2)10-7(8)9-5/h3-4H,1-2H3,(H2,8,9,10). The number of nitrogens with zero attached hydrogens (tertiary/aromatic N) is 2. The second-order valence-corrected chi connectivity index (χ2v) is 3.82. The summed E-state index contributed by atoms with van der Waals surface area (Å²) in [4.78, 5) is 8.11. The molecule has 0 spiro atoms. The van der Waals surface area contributed by atoms with Crippen LogP contribution in [0.25, 0.3) is 0 Å². The van der Waals surface area contributed by atoms with Crippen LogP contribution >= 0.6 is 0 Å². The van der Waals surface area contributed by atoms with Crippen LogP contribution in [-0.4, -0.2) is 33.1 Å². The molecule has 12 heavy (non-hydrogen) atoms. The zero-order valence-electron chi connectivity index (χ0n) is 6.94. The summed E-state index contributed by atoms with van der Waals surface area (Å²) < 4.78 is 4.94. The maximum absolute atomic E-state index is 5.46. The molecule has 1 rings (SSSR count). The molecule has 1 atom stereocenters. The van der Waals surface area contributed by atoms with E-state index in [4.69, 9.17) is 10.5 Å². The molecule has 0 aliphatic carbocycles. The van der Waals surface area contributed by atoms with Crippen molar-refractivity contribution in [2.75, 3.05) is 12.8 Å². The fraction of sp³-hybridized carbons (Fsp3) is 0.429. The zero-order chi connectivity index (χ0) is 9.14. The van der Waals surface area contributed by atoms with Crippen LogP contribution in [0.3, 0.4) is 0 Å². The molecular weight excluding hydrogens is 221 g/mol. The second kappa shape index (κ2) is 3.74. The maximum atomic E-state index is 5.46. The summed E-state index contributed by atoms with van der Waals surface area (Å²) in [6.45, 7) is 1.99. The van der Waals surface area contributed by atoms with Gasteiger partial charge in [-0.2, -0.15) is 0 Å². The topological polar surface area (TPSA) is 61.0 Å². The molecule has 0 amide bonds. The molecule has 1 unspecified atom stereocenters. The Bertz CT molecular complexity index is 277. The van der Waals surface area contributed by atoms with Gasteiger partial charge in [0.05, 0.1) is 0 Å². The van der Waals surface area contributed by atoms with Crippen molar-refractivity contribution in [3.05, 3.63) is 11.8 Å². The van der Waals surface area contributed by atoms with Crippen molar-refractivity contribution in [3.63, 3.8) is 0 Å². The third kappa shape index (κ3) is 2.09. The van der Waals surface area contributed by atoms with Crippen LogP contribution in [0, 0.1) is 0 Å². The van der Waals surface area contributed by atoms with Gasteiger partial charge in [-0.25, -0.2) is 0 Å². The number of rotatable bonds is 2. The van der Waals surface area contributed by atoms with Crippen molar-refractivity contribution < 1.29 is 4.74 Å². The Morgan fingerprint density at radius 2 is 2.25 bits per heavy atom. The number of aromatic nitrogens is 2. The van der Waals surface area contributed by atoms with Gasteiger partial charge in [-0.3, -0.25) is 0 Å². The van der Waals surface area contributed by atoms with Gasteiger partial charge in [0.15, 0.2) is 0 Å². The van der Waals surface area contributed by atoms with Crippen LogP contribution < -0.4 is 10.5 Å². The van der Waals surface area contributed by atoms with Crippen LogP contribution in [0.1, 0.15) is 17.4 Å². The first-order valence-corrected chi connectivity index (χ1v) is 4.46. The van der Waals surface area contributed by atoms with E-state index < -0.39 is 0 Å². The van der Waals surface area contributed by atoms with Crippen LogP contribution in [-0.2, 0) is 0 Å². The van der Waals surface area contributed by atoms with Gasteiger partial charge < -0.3 is 0 Å².